The Labute approximate surface area is 209 Å². The molecule has 2 aromatic carbocycles. The van der Waals surface area contributed by atoms with E-state index in [1.807, 2.05) is 0 Å². The summed E-state index contributed by atoms with van der Waals surface area (Å²) in [4.78, 5) is 36.4. The predicted molar refractivity (Wildman–Crippen MR) is 131 cm³/mol. The third-order valence-electron chi connectivity index (χ3n) is 5.58. The van der Waals surface area contributed by atoms with Gasteiger partial charge in [0, 0.05) is 23.7 Å². The van der Waals surface area contributed by atoms with Crippen LogP contribution in [-0.2, 0) is 9.53 Å². The minimum Gasteiger partial charge on any atom is -0.490 e. The first-order valence-electron chi connectivity index (χ1n) is 11.3. The summed E-state index contributed by atoms with van der Waals surface area (Å²) in [5.41, 5.74) is 0.813. The van der Waals surface area contributed by atoms with Gasteiger partial charge in [-0.2, -0.15) is 0 Å². The Bertz CT molecular complexity index is 1000. The number of carbonyl (C=O) groups is 3. The molecule has 1 fully saturated rings. The summed E-state index contributed by atoms with van der Waals surface area (Å²) in [5, 5.41) is 6.30. The quantitative estimate of drug-likeness (QED) is 0.381. The second-order valence-corrected chi connectivity index (χ2v) is 8.85. The number of halogens is 2. The van der Waals surface area contributed by atoms with E-state index in [9.17, 15) is 14.4 Å². The van der Waals surface area contributed by atoms with Gasteiger partial charge in [0.2, 0.25) is 0 Å². The summed E-state index contributed by atoms with van der Waals surface area (Å²) < 4.78 is 11.1. The van der Waals surface area contributed by atoms with Gasteiger partial charge in [0.15, 0.2) is 0 Å². The molecule has 2 N–H and O–H groups in total. The fourth-order valence-corrected chi connectivity index (χ4v) is 4.16. The lowest BCUT2D eigenvalue weighted by Crippen LogP contribution is -2.34. The van der Waals surface area contributed by atoms with Crippen LogP contribution in [0.5, 0.6) is 5.75 Å². The number of rotatable bonds is 9. The fraction of sp³-hybridized carbons (Fsp3) is 0.400. The van der Waals surface area contributed by atoms with Gasteiger partial charge in [-0.1, -0.05) is 23.2 Å². The van der Waals surface area contributed by atoms with Gasteiger partial charge in [-0.15, -0.1) is 0 Å². The average molecular weight is 507 g/mol. The third kappa shape index (κ3) is 7.37. The number of amides is 2. The number of hydrogen-bond acceptors (Lipinski definition) is 5. The van der Waals surface area contributed by atoms with Gasteiger partial charge >= 0.3 is 5.97 Å². The van der Waals surface area contributed by atoms with Crippen LogP contribution in [0.15, 0.2) is 42.5 Å². The zero-order valence-corrected chi connectivity index (χ0v) is 20.5. The lowest BCUT2D eigenvalue weighted by atomic mass is 9.87. The number of hydrogen-bond donors (Lipinski definition) is 2. The van der Waals surface area contributed by atoms with Gasteiger partial charge in [0.25, 0.3) is 11.8 Å². The van der Waals surface area contributed by atoms with Crippen LogP contribution in [0.3, 0.4) is 0 Å². The molecule has 1 aliphatic carbocycles. The standard InChI is InChI=1S/C25H28Cl2N2O5/c1-2-33-25(32)17-5-9-19(10-6-17)34-20-11-12-21(22(27)15-20)24(31)29-14-13-28-23(30)16-3-7-18(26)8-4-16/h3-4,7-8,11-12,15,17,19H,2,5-6,9-10,13-14H2,1H3,(H,28,30)(H,29,31). The molecule has 0 heterocycles. The van der Waals surface area contributed by atoms with Crippen molar-refractivity contribution < 1.29 is 23.9 Å². The van der Waals surface area contributed by atoms with Gasteiger partial charge in [-0.05, 0) is 75.1 Å². The van der Waals surface area contributed by atoms with E-state index in [0.29, 0.717) is 28.5 Å². The van der Waals surface area contributed by atoms with E-state index in [-0.39, 0.29) is 47.9 Å². The van der Waals surface area contributed by atoms with Crippen molar-refractivity contribution in [3.63, 3.8) is 0 Å². The van der Waals surface area contributed by atoms with E-state index in [4.69, 9.17) is 32.7 Å². The molecule has 0 radical (unpaired) electrons. The molecule has 2 aromatic rings. The molecule has 0 saturated heterocycles. The highest BCUT2D eigenvalue weighted by Gasteiger charge is 2.28. The van der Waals surface area contributed by atoms with Crippen molar-refractivity contribution in [2.75, 3.05) is 19.7 Å². The van der Waals surface area contributed by atoms with Gasteiger partial charge < -0.3 is 20.1 Å². The van der Waals surface area contributed by atoms with Crippen molar-refractivity contribution in [1.29, 1.82) is 0 Å². The Hall–Kier alpha value is -2.77. The van der Waals surface area contributed by atoms with Crippen LogP contribution >= 0.6 is 23.2 Å². The summed E-state index contributed by atoms with van der Waals surface area (Å²) in [6, 6.07) is 11.5. The Morgan fingerprint density at radius 1 is 0.912 bits per heavy atom. The van der Waals surface area contributed by atoms with E-state index in [1.165, 1.54) is 0 Å². The Morgan fingerprint density at radius 3 is 2.18 bits per heavy atom. The summed E-state index contributed by atoms with van der Waals surface area (Å²) in [5.74, 6) is -0.209. The molecule has 0 unspecified atom stereocenters. The smallest absolute Gasteiger partial charge is 0.308 e. The number of esters is 1. The zero-order chi connectivity index (χ0) is 24.5. The molecule has 0 spiro atoms. The average Bonchev–Trinajstić information content (AvgIpc) is 2.82. The van der Waals surface area contributed by atoms with Gasteiger partial charge in [0.05, 0.1) is 29.2 Å². The van der Waals surface area contributed by atoms with Crippen LogP contribution in [0.25, 0.3) is 0 Å². The van der Waals surface area contributed by atoms with Crippen LogP contribution < -0.4 is 15.4 Å². The zero-order valence-electron chi connectivity index (χ0n) is 18.9. The summed E-state index contributed by atoms with van der Waals surface area (Å²) in [6.07, 6.45) is 2.96. The predicted octanol–water partition coefficient (Wildman–Crippen LogP) is 4.65. The molecule has 0 atom stereocenters. The second-order valence-electron chi connectivity index (χ2n) is 8.00. The van der Waals surface area contributed by atoms with E-state index in [0.717, 1.165) is 25.7 Å². The second kappa shape index (κ2) is 12.6. The van der Waals surface area contributed by atoms with Crippen LogP contribution in [0.2, 0.25) is 10.0 Å². The maximum Gasteiger partial charge on any atom is 0.308 e. The molecular formula is C25H28Cl2N2O5. The normalized spacial score (nSPS) is 17.5. The molecule has 1 aliphatic rings. The molecule has 2 amide bonds. The SMILES string of the molecule is CCOC(=O)C1CCC(Oc2ccc(C(=O)NCCNC(=O)c3ccc(Cl)cc3)c(Cl)c2)CC1. The van der Waals surface area contributed by atoms with E-state index in [1.54, 1.807) is 49.4 Å². The highest BCUT2D eigenvalue weighted by atomic mass is 35.5. The van der Waals surface area contributed by atoms with Crippen LogP contribution in [0, 0.1) is 5.92 Å². The Kier molecular flexibility index (Phi) is 9.60. The van der Waals surface area contributed by atoms with E-state index < -0.39 is 0 Å². The van der Waals surface area contributed by atoms with Crippen molar-refractivity contribution in [3.05, 3.63) is 63.6 Å². The molecule has 7 nitrogen and oxygen atoms in total. The van der Waals surface area contributed by atoms with Crippen molar-refractivity contribution in [1.82, 2.24) is 10.6 Å². The molecule has 0 aromatic heterocycles. The summed E-state index contributed by atoms with van der Waals surface area (Å²) in [7, 11) is 0. The number of carbonyl (C=O) groups excluding carboxylic acids is 3. The highest BCUT2D eigenvalue weighted by molar-refractivity contribution is 6.34. The largest absolute Gasteiger partial charge is 0.490 e. The van der Waals surface area contributed by atoms with Gasteiger partial charge in [-0.3, -0.25) is 14.4 Å². The molecule has 182 valence electrons. The summed E-state index contributed by atoms with van der Waals surface area (Å²) in [6.45, 7) is 2.71. The van der Waals surface area contributed by atoms with Gasteiger partial charge in [-0.25, -0.2) is 0 Å². The van der Waals surface area contributed by atoms with Crippen LogP contribution in [0.4, 0.5) is 0 Å². The van der Waals surface area contributed by atoms with Crippen molar-refractivity contribution in [2.24, 2.45) is 5.92 Å². The molecule has 1 saturated carbocycles. The number of nitrogens with one attached hydrogen (secondary N) is 2. The number of benzene rings is 2. The van der Waals surface area contributed by atoms with E-state index in [2.05, 4.69) is 10.6 Å². The first kappa shape index (κ1) is 25.8. The molecule has 9 heteroatoms. The minimum absolute atomic E-state index is 0.00864. The lowest BCUT2D eigenvalue weighted by Gasteiger charge is -2.27. The first-order chi connectivity index (χ1) is 16.4. The van der Waals surface area contributed by atoms with Crippen molar-refractivity contribution in [3.8, 4) is 5.75 Å². The highest BCUT2D eigenvalue weighted by Crippen LogP contribution is 2.30. The van der Waals surface area contributed by atoms with Crippen LogP contribution in [0.1, 0.15) is 53.3 Å². The number of ether oxygens (including phenoxy) is 2. The fourth-order valence-electron chi connectivity index (χ4n) is 3.77. The maximum atomic E-state index is 12.5. The van der Waals surface area contributed by atoms with Crippen LogP contribution in [-0.4, -0.2) is 43.6 Å². The topological polar surface area (TPSA) is 93.7 Å². The minimum atomic E-state index is -0.341. The monoisotopic (exact) mass is 506 g/mol. The third-order valence-corrected chi connectivity index (χ3v) is 6.15. The molecule has 34 heavy (non-hydrogen) atoms. The molecule has 0 aliphatic heterocycles. The lowest BCUT2D eigenvalue weighted by molar-refractivity contribution is -0.149. The molecule has 0 bridgehead atoms. The first-order valence-corrected chi connectivity index (χ1v) is 12.1. The van der Waals surface area contributed by atoms with Crippen molar-refractivity contribution in [2.45, 2.75) is 38.7 Å². The van der Waals surface area contributed by atoms with Gasteiger partial charge in [0.1, 0.15) is 5.75 Å². The van der Waals surface area contributed by atoms with E-state index >= 15 is 0 Å². The Morgan fingerprint density at radius 2 is 1.56 bits per heavy atom. The van der Waals surface area contributed by atoms with Crippen molar-refractivity contribution >= 4 is 41.0 Å². The molecular weight excluding hydrogens is 479 g/mol. The summed E-state index contributed by atoms with van der Waals surface area (Å²) >= 11 is 12.1. The Balaban J connectivity index is 1.42. The molecule has 3 rings (SSSR count). The maximum absolute atomic E-state index is 12.5.